The van der Waals surface area contributed by atoms with Crippen molar-refractivity contribution in [3.05, 3.63) is 162 Å². The van der Waals surface area contributed by atoms with E-state index in [0.29, 0.717) is 0 Å². The molecule has 4 nitrogen and oxygen atoms in total. The van der Waals surface area contributed by atoms with Gasteiger partial charge in [-0.1, -0.05) is 48.5 Å². The summed E-state index contributed by atoms with van der Waals surface area (Å²) in [4.78, 5) is 3.65. The third-order valence-corrected chi connectivity index (χ3v) is 11.1. The second-order valence-corrected chi connectivity index (χ2v) is 13.1. The molecule has 0 saturated carbocycles. The van der Waals surface area contributed by atoms with Crippen molar-refractivity contribution in [3.8, 4) is 34.1 Å². The van der Waals surface area contributed by atoms with Crippen LogP contribution in [-0.2, 0) is 16.3 Å². The molecule has 0 spiro atoms. The fourth-order valence-corrected chi connectivity index (χ4v) is 8.76. The number of hydrogen-bond acceptors (Lipinski definition) is 4. The summed E-state index contributed by atoms with van der Waals surface area (Å²) in [5.41, 5.74) is 6.77. The van der Waals surface area contributed by atoms with Crippen LogP contribution in [0.2, 0.25) is 0 Å². The van der Waals surface area contributed by atoms with E-state index >= 15 is 0 Å². The summed E-state index contributed by atoms with van der Waals surface area (Å²) >= 11 is 0. The second-order valence-electron chi connectivity index (χ2n) is 11.1. The third-order valence-electron chi connectivity index (χ3n) is 8.89. The van der Waals surface area contributed by atoms with Crippen LogP contribution in [0.1, 0.15) is 22.3 Å². The van der Waals surface area contributed by atoms with Gasteiger partial charge in [0.2, 0.25) is 0 Å². The minimum Gasteiger partial charge on any atom is -0.497 e. The lowest BCUT2D eigenvalue weighted by atomic mass is 9.67. The third kappa shape index (κ3) is 4.88. The predicted molar refractivity (Wildman–Crippen MR) is 185 cm³/mol. The molecule has 0 aliphatic heterocycles. The fraction of sp³-hybridized carbons (Fsp3) is 0.122. The molecule has 0 bridgehead atoms. The van der Waals surface area contributed by atoms with Crippen molar-refractivity contribution < 1.29 is 18.9 Å². The zero-order chi connectivity index (χ0) is 31.7. The highest BCUT2D eigenvalue weighted by atomic mass is 32.2. The van der Waals surface area contributed by atoms with Crippen LogP contribution in [-0.4, -0.2) is 28.4 Å². The maximum Gasteiger partial charge on any atom is 0.166 e. The van der Waals surface area contributed by atoms with E-state index in [2.05, 4.69) is 115 Å². The van der Waals surface area contributed by atoms with Crippen molar-refractivity contribution in [1.82, 2.24) is 0 Å². The summed E-state index contributed by atoms with van der Waals surface area (Å²) in [6.07, 6.45) is 0. The first kappa shape index (κ1) is 29.6. The minimum atomic E-state index is -0.560. The Labute approximate surface area is 273 Å². The van der Waals surface area contributed by atoms with Gasteiger partial charge in [-0.05, 0) is 124 Å². The Morgan fingerprint density at radius 3 is 1.24 bits per heavy atom. The van der Waals surface area contributed by atoms with Crippen molar-refractivity contribution >= 4 is 10.9 Å². The van der Waals surface area contributed by atoms with E-state index in [-0.39, 0.29) is 0 Å². The van der Waals surface area contributed by atoms with Gasteiger partial charge in [0, 0.05) is 0 Å². The number of rotatable bonds is 9. The van der Waals surface area contributed by atoms with Crippen molar-refractivity contribution in [2.75, 3.05) is 28.4 Å². The summed E-state index contributed by atoms with van der Waals surface area (Å²) in [5, 5.41) is 0. The van der Waals surface area contributed by atoms with Crippen molar-refractivity contribution in [2.24, 2.45) is 0 Å². The molecule has 0 aromatic heterocycles. The van der Waals surface area contributed by atoms with E-state index < -0.39 is 16.3 Å². The standard InChI is InChI=1S/C41H35O4S/c1-42-30-13-9-28(10-14-30)41(29-11-15-31(43-2)16-12-29)39-8-6-5-7-37(39)38-26-25-36(27-40(38)41)46(34-21-17-32(44-3)18-22-34)35-23-19-33(45-4)20-24-35/h5-27H,1-4H3/q+1. The van der Waals surface area contributed by atoms with Crippen LogP contribution in [0.15, 0.2) is 154 Å². The number of methoxy groups -OCH3 is 4. The summed E-state index contributed by atoms with van der Waals surface area (Å²) in [5.74, 6) is 3.33. The van der Waals surface area contributed by atoms with Gasteiger partial charge in [-0.3, -0.25) is 0 Å². The molecule has 46 heavy (non-hydrogen) atoms. The van der Waals surface area contributed by atoms with E-state index in [0.717, 1.165) is 23.0 Å². The largest absolute Gasteiger partial charge is 0.497 e. The van der Waals surface area contributed by atoms with Gasteiger partial charge in [-0.25, -0.2) is 0 Å². The Bertz CT molecular complexity index is 1870. The molecule has 228 valence electrons. The first-order chi connectivity index (χ1) is 22.6. The van der Waals surface area contributed by atoms with Gasteiger partial charge in [-0.15, -0.1) is 0 Å². The molecule has 0 amide bonds. The molecule has 5 heteroatoms. The number of fused-ring (bicyclic) bond motifs is 3. The summed E-state index contributed by atoms with van der Waals surface area (Å²) < 4.78 is 22.2. The van der Waals surface area contributed by atoms with Gasteiger partial charge in [-0.2, -0.15) is 0 Å². The lowest BCUT2D eigenvalue weighted by Crippen LogP contribution is -2.28. The van der Waals surface area contributed by atoms with E-state index in [9.17, 15) is 0 Å². The fourth-order valence-electron chi connectivity index (χ4n) is 6.69. The molecule has 7 rings (SSSR count). The number of ether oxygens (including phenoxy) is 4. The smallest absolute Gasteiger partial charge is 0.166 e. The Balaban J connectivity index is 1.51. The van der Waals surface area contributed by atoms with Crippen molar-refractivity contribution in [1.29, 1.82) is 0 Å². The molecule has 1 aliphatic rings. The first-order valence-electron chi connectivity index (χ1n) is 15.2. The van der Waals surface area contributed by atoms with Crippen LogP contribution in [0.3, 0.4) is 0 Å². The van der Waals surface area contributed by atoms with Gasteiger partial charge < -0.3 is 18.9 Å². The van der Waals surface area contributed by atoms with Gasteiger partial charge in [0.05, 0.1) is 44.7 Å². The second kappa shape index (κ2) is 12.3. The number of hydrogen-bond donors (Lipinski definition) is 0. The highest BCUT2D eigenvalue weighted by Gasteiger charge is 2.47. The van der Waals surface area contributed by atoms with Crippen LogP contribution < -0.4 is 18.9 Å². The molecule has 6 aromatic carbocycles. The normalized spacial score (nSPS) is 12.7. The molecular formula is C41H35O4S+. The maximum absolute atomic E-state index is 5.59. The van der Waals surface area contributed by atoms with Crippen LogP contribution in [0.4, 0.5) is 0 Å². The average molecular weight is 624 g/mol. The molecule has 0 atom stereocenters. The zero-order valence-electron chi connectivity index (χ0n) is 26.3. The molecule has 0 unspecified atom stereocenters. The quantitative estimate of drug-likeness (QED) is 0.150. The van der Waals surface area contributed by atoms with Gasteiger partial charge in [0.15, 0.2) is 14.7 Å². The highest BCUT2D eigenvalue weighted by molar-refractivity contribution is 7.97. The topological polar surface area (TPSA) is 36.9 Å². The Kier molecular flexibility index (Phi) is 7.93. The van der Waals surface area contributed by atoms with E-state index in [1.54, 1.807) is 28.4 Å². The molecule has 0 fully saturated rings. The van der Waals surface area contributed by atoms with E-state index in [1.165, 1.54) is 48.1 Å². The maximum atomic E-state index is 5.59. The molecule has 0 saturated heterocycles. The first-order valence-corrected chi connectivity index (χ1v) is 16.4. The highest BCUT2D eigenvalue weighted by Crippen LogP contribution is 2.57. The minimum absolute atomic E-state index is 0.400. The number of benzene rings is 6. The van der Waals surface area contributed by atoms with Gasteiger partial charge in [0.25, 0.3) is 0 Å². The van der Waals surface area contributed by atoms with Crippen molar-refractivity contribution in [2.45, 2.75) is 20.1 Å². The monoisotopic (exact) mass is 623 g/mol. The van der Waals surface area contributed by atoms with Gasteiger partial charge >= 0.3 is 0 Å². The van der Waals surface area contributed by atoms with Crippen LogP contribution >= 0.6 is 0 Å². The molecule has 0 heterocycles. The van der Waals surface area contributed by atoms with Crippen molar-refractivity contribution in [3.63, 3.8) is 0 Å². The van der Waals surface area contributed by atoms with E-state index in [4.69, 9.17) is 18.9 Å². The Morgan fingerprint density at radius 1 is 0.391 bits per heavy atom. The predicted octanol–water partition coefficient (Wildman–Crippen LogP) is 9.18. The molecule has 1 aliphatic carbocycles. The zero-order valence-corrected chi connectivity index (χ0v) is 27.1. The Morgan fingerprint density at radius 2 is 0.783 bits per heavy atom. The summed E-state index contributed by atoms with van der Waals surface area (Å²) in [6.45, 7) is 0. The van der Waals surface area contributed by atoms with Gasteiger partial charge in [0.1, 0.15) is 23.0 Å². The lowest BCUT2D eigenvalue weighted by Gasteiger charge is -2.34. The molecule has 0 radical (unpaired) electrons. The summed E-state index contributed by atoms with van der Waals surface area (Å²) in [6, 6.07) is 49.8. The molecular weight excluding hydrogens is 589 g/mol. The molecule has 6 aromatic rings. The Hall–Kier alpha value is -5.13. The van der Waals surface area contributed by atoms with Crippen LogP contribution in [0.25, 0.3) is 11.1 Å². The summed E-state index contributed by atoms with van der Waals surface area (Å²) in [7, 11) is 6.42. The average Bonchev–Trinajstić information content (AvgIpc) is 3.43. The van der Waals surface area contributed by atoms with E-state index in [1.807, 2.05) is 24.3 Å². The lowest BCUT2D eigenvalue weighted by molar-refractivity contribution is 0.414. The van der Waals surface area contributed by atoms with Crippen LogP contribution in [0, 0.1) is 0 Å². The SMILES string of the molecule is COc1ccc([S+](c2ccc(OC)cc2)c2ccc3c(c2)C(c2ccc(OC)cc2)(c2ccc(OC)cc2)c2ccccc2-3)cc1. The molecule has 0 N–H and O–H groups in total. The van der Waals surface area contributed by atoms with Crippen LogP contribution in [0.5, 0.6) is 23.0 Å².